The topological polar surface area (TPSA) is 96.5 Å². The number of benzene rings is 1. The van der Waals surface area contributed by atoms with Gasteiger partial charge in [0.15, 0.2) is 0 Å². The van der Waals surface area contributed by atoms with Crippen LogP contribution >= 0.6 is 0 Å². The molecule has 1 aromatic carbocycles. The second-order valence-corrected chi connectivity index (χ2v) is 5.81. The molecule has 0 radical (unpaired) electrons. The lowest BCUT2D eigenvalue weighted by Gasteiger charge is -2.37. The first-order valence-electron chi connectivity index (χ1n) is 7.69. The van der Waals surface area contributed by atoms with Crippen LogP contribution in [0.15, 0.2) is 30.3 Å². The lowest BCUT2D eigenvalue weighted by molar-refractivity contribution is -0.133. The first kappa shape index (κ1) is 15.3. The molecule has 1 unspecified atom stereocenters. The third-order valence-electron chi connectivity index (χ3n) is 4.20. The van der Waals surface area contributed by atoms with Gasteiger partial charge in [0, 0.05) is 12.5 Å². The molecule has 23 heavy (non-hydrogen) atoms. The molecule has 0 spiro atoms. The van der Waals surface area contributed by atoms with Crippen LogP contribution in [0.25, 0.3) is 0 Å². The maximum Gasteiger partial charge on any atom is 0.408 e. The number of amides is 3. The van der Waals surface area contributed by atoms with Crippen LogP contribution in [0.1, 0.15) is 18.4 Å². The van der Waals surface area contributed by atoms with Crippen molar-refractivity contribution in [1.29, 1.82) is 0 Å². The molecular formula is C16H19N3O4. The standard InChI is InChI=1S/C16H19N3O4/c20-14-11(6-7-17-14)8-12-13(15(21)18-12)19-16(22)23-9-10-4-2-1-3-5-10/h1-5,11-13H,6-9H2,(H,17,20)(H,18,21)(H,19,22)/t11?,12-,13+/m1/s1. The first-order chi connectivity index (χ1) is 11.1. The van der Waals surface area contributed by atoms with E-state index >= 15 is 0 Å². The van der Waals surface area contributed by atoms with Gasteiger partial charge in [0.2, 0.25) is 11.8 Å². The summed E-state index contributed by atoms with van der Waals surface area (Å²) in [6, 6.07) is 8.45. The normalized spacial score (nSPS) is 26.0. The van der Waals surface area contributed by atoms with Crippen molar-refractivity contribution in [2.24, 2.45) is 5.92 Å². The van der Waals surface area contributed by atoms with E-state index in [0.29, 0.717) is 13.0 Å². The second kappa shape index (κ2) is 6.68. The molecule has 3 N–H and O–H groups in total. The van der Waals surface area contributed by atoms with E-state index < -0.39 is 12.1 Å². The number of nitrogens with one attached hydrogen (secondary N) is 3. The summed E-state index contributed by atoms with van der Waals surface area (Å²) in [6.07, 6.45) is 0.659. The van der Waals surface area contributed by atoms with E-state index in [1.165, 1.54) is 0 Å². The highest BCUT2D eigenvalue weighted by atomic mass is 16.5. The Kier molecular flexibility index (Phi) is 4.45. The summed E-state index contributed by atoms with van der Waals surface area (Å²) < 4.78 is 5.11. The third-order valence-corrected chi connectivity index (χ3v) is 4.20. The van der Waals surface area contributed by atoms with Gasteiger partial charge in [0.25, 0.3) is 0 Å². The van der Waals surface area contributed by atoms with Crippen molar-refractivity contribution in [1.82, 2.24) is 16.0 Å². The number of hydrogen-bond donors (Lipinski definition) is 3. The van der Waals surface area contributed by atoms with E-state index in [2.05, 4.69) is 16.0 Å². The van der Waals surface area contributed by atoms with Crippen molar-refractivity contribution < 1.29 is 19.1 Å². The lowest BCUT2D eigenvalue weighted by Crippen LogP contribution is -2.69. The average molecular weight is 317 g/mol. The molecule has 3 rings (SSSR count). The highest BCUT2D eigenvalue weighted by molar-refractivity contribution is 5.92. The van der Waals surface area contributed by atoms with E-state index in [4.69, 9.17) is 4.74 Å². The highest BCUT2D eigenvalue weighted by Crippen LogP contribution is 2.21. The molecule has 7 nitrogen and oxygen atoms in total. The van der Waals surface area contributed by atoms with Gasteiger partial charge in [0.05, 0.1) is 6.04 Å². The predicted molar refractivity (Wildman–Crippen MR) is 81.2 cm³/mol. The van der Waals surface area contributed by atoms with Crippen LogP contribution in [0, 0.1) is 5.92 Å². The summed E-state index contributed by atoms with van der Waals surface area (Å²) in [6.45, 7) is 0.818. The molecule has 2 fully saturated rings. The molecule has 0 aromatic heterocycles. The van der Waals surface area contributed by atoms with Gasteiger partial charge < -0.3 is 20.7 Å². The maximum absolute atomic E-state index is 11.8. The van der Waals surface area contributed by atoms with E-state index in [1.54, 1.807) is 0 Å². The minimum absolute atomic E-state index is 0.0107. The Bertz CT molecular complexity index is 605. The van der Waals surface area contributed by atoms with Crippen molar-refractivity contribution in [2.75, 3.05) is 6.54 Å². The van der Waals surface area contributed by atoms with Gasteiger partial charge in [-0.3, -0.25) is 9.59 Å². The number of hydrogen-bond acceptors (Lipinski definition) is 4. The molecule has 3 amide bonds. The molecule has 3 atom stereocenters. The Balaban J connectivity index is 1.46. The quantitative estimate of drug-likeness (QED) is 0.681. The molecule has 0 saturated carbocycles. The number of carbonyl (C=O) groups excluding carboxylic acids is 3. The fourth-order valence-corrected chi connectivity index (χ4v) is 2.87. The molecular weight excluding hydrogens is 298 g/mol. The van der Waals surface area contributed by atoms with Gasteiger partial charge in [-0.2, -0.15) is 0 Å². The van der Waals surface area contributed by atoms with Crippen molar-refractivity contribution in [3.63, 3.8) is 0 Å². The summed E-state index contributed by atoms with van der Waals surface area (Å²) >= 11 is 0. The van der Waals surface area contributed by atoms with Crippen LogP contribution in [-0.4, -0.2) is 36.5 Å². The number of alkyl carbamates (subject to hydrolysis) is 1. The third kappa shape index (κ3) is 3.61. The van der Waals surface area contributed by atoms with Gasteiger partial charge >= 0.3 is 6.09 Å². The molecule has 0 bridgehead atoms. The molecule has 7 heteroatoms. The molecule has 0 aliphatic carbocycles. The Morgan fingerprint density at radius 3 is 2.65 bits per heavy atom. The highest BCUT2D eigenvalue weighted by Gasteiger charge is 2.43. The summed E-state index contributed by atoms with van der Waals surface area (Å²) in [5.41, 5.74) is 0.875. The van der Waals surface area contributed by atoms with Crippen molar-refractivity contribution in [2.45, 2.75) is 31.5 Å². The van der Waals surface area contributed by atoms with Crippen LogP contribution in [0.3, 0.4) is 0 Å². The minimum atomic E-state index is -0.633. The molecule has 2 saturated heterocycles. The van der Waals surface area contributed by atoms with Gasteiger partial charge in [-0.1, -0.05) is 30.3 Å². The number of rotatable bonds is 5. The van der Waals surface area contributed by atoms with Crippen LogP contribution in [-0.2, 0) is 20.9 Å². The van der Waals surface area contributed by atoms with E-state index in [1.807, 2.05) is 30.3 Å². The van der Waals surface area contributed by atoms with Gasteiger partial charge in [-0.15, -0.1) is 0 Å². The molecule has 2 aliphatic rings. The molecule has 122 valence electrons. The number of ether oxygens (including phenoxy) is 1. The summed E-state index contributed by atoms with van der Waals surface area (Å²) in [5.74, 6) is -0.341. The number of β-lactam (4-membered cyclic amide) rings is 1. The number of carbonyl (C=O) groups is 3. The van der Waals surface area contributed by atoms with Crippen molar-refractivity contribution in [3.8, 4) is 0 Å². The van der Waals surface area contributed by atoms with Gasteiger partial charge in [-0.25, -0.2) is 4.79 Å². The average Bonchev–Trinajstić information content (AvgIpc) is 2.96. The maximum atomic E-state index is 11.8. The second-order valence-electron chi connectivity index (χ2n) is 5.81. The molecule has 1 aromatic rings. The van der Waals surface area contributed by atoms with Crippen LogP contribution in [0.2, 0.25) is 0 Å². The summed E-state index contributed by atoms with van der Waals surface area (Å²) in [4.78, 5) is 35.0. The SMILES string of the molecule is O=C(N[C@@H]1C(=O)N[C@@H]1CC1CCNC1=O)OCc1ccccc1. The summed E-state index contributed by atoms with van der Waals surface area (Å²) in [5, 5.41) is 8.07. The van der Waals surface area contributed by atoms with Crippen LogP contribution in [0.4, 0.5) is 4.79 Å². The minimum Gasteiger partial charge on any atom is -0.445 e. The molecule has 2 aliphatic heterocycles. The van der Waals surface area contributed by atoms with Crippen LogP contribution in [0.5, 0.6) is 0 Å². The smallest absolute Gasteiger partial charge is 0.408 e. The molecule has 2 heterocycles. The van der Waals surface area contributed by atoms with Gasteiger partial charge in [-0.05, 0) is 18.4 Å². The Labute approximate surface area is 133 Å². The van der Waals surface area contributed by atoms with E-state index in [0.717, 1.165) is 12.0 Å². The van der Waals surface area contributed by atoms with E-state index in [9.17, 15) is 14.4 Å². The Morgan fingerprint density at radius 2 is 2.00 bits per heavy atom. The van der Waals surface area contributed by atoms with Crippen LogP contribution < -0.4 is 16.0 Å². The van der Waals surface area contributed by atoms with Crippen molar-refractivity contribution in [3.05, 3.63) is 35.9 Å². The fraction of sp³-hybridized carbons (Fsp3) is 0.438. The zero-order chi connectivity index (χ0) is 16.2. The Morgan fingerprint density at radius 1 is 1.22 bits per heavy atom. The Hall–Kier alpha value is -2.57. The monoisotopic (exact) mass is 317 g/mol. The first-order valence-corrected chi connectivity index (χ1v) is 7.69. The lowest BCUT2D eigenvalue weighted by atomic mass is 9.88. The zero-order valence-corrected chi connectivity index (χ0v) is 12.6. The zero-order valence-electron chi connectivity index (χ0n) is 12.6. The van der Waals surface area contributed by atoms with E-state index in [-0.39, 0.29) is 30.4 Å². The predicted octanol–water partition coefficient (Wildman–Crippen LogP) is 0.306. The largest absolute Gasteiger partial charge is 0.445 e. The van der Waals surface area contributed by atoms with Crippen molar-refractivity contribution >= 4 is 17.9 Å². The fourth-order valence-electron chi connectivity index (χ4n) is 2.87. The van der Waals surface area contributed by atoms with Gasteiger partial charge in [0.1, 0.15) is 12.6 Å². The summed E-state index contributed by atoms with van der Waals surface area (Å²) in [7, 11) is 0.